The van der Waals surface area contributed by atoms with E-state index in [-0.39, 0.29) is 0 Å². The molecule has 0 atom stereocenters. The van der Waals surface area contributed by atoms with Crippen LogP contribution in [0.5, 0.6) is 0 Å². The van der Waals surface area contributed by atoms with Crippen LogP contribution in [-0.4, -0.2) is 0 Å². The van der Waals surface area contributed by atoms with Gasteiger partial charge in [-0.3, -0.25) is 0 Å². The molecule has 1 nitrogen and oxygen atoms in total. The molecule has 0 saturated carbocycles. The second-order valence-corrected chi connectivity index (χ2v) is 13.0. The summed E-state index contributed by atoms with van der Waals surface area (Å²) in [5.74, 6) is 0. The highest BCUT2D eigenvalue weighted by molar-refractivity contribution is 5.16. The number of pyridine rings is 1. The largest absolute Gasteiger partial charge is 0.202 e. The Balaban J connectivity index is 2.25. The smallest absolute Gasteiger partial charge is 0.184 e. The molecule has 1 rings (SSSR count). The van der Waals surface area contributed by atoms with Gasteiger partial charge in [0.25, 0.3) is 0 Å². The third kappa shape index (κ3) is 21.8. The Morgan fingerprint density at radius 1 is 0.400 bits per heavy atom. The van der Waals surface area contributed by atoms with Gasteiger partial charge in [0.05, 0.1) is 0 Å². The molecule has 0 amide bonds. The lowest BCUT2D eigenvalue weighted by atomic mass is 9.99. The second-order valence-electron chi connectivity index (χ2n) is 13.0. The predicted octanol–water partition coefficient (Wildman–Crippen LogP) is 13.0. The summed E-state index contributed by atoms with van der Waals surface area (Å²) in [4.78, 5) is 0. The number of aryl methyl sites for hydroxylation is 2. The highest BCUT2D eigenvalue weighted by Gasteiger charge is 2.15. The number of rotatable bonds is 31. The minimum atomic E-state index is 1.23. The number of aromatic nitrogens is 1. The monoisotopic (exact) mass is 557 g/mol. The first-order valence-corrected chi connectivity index (χ1v) is 18.8. The van der Waals surface area contributed by atoms with Crippen molar-refractivity contribution in [3.8, 4) is 0 Å². The molecule has 0 aliphatic rings. The number of hydrogen-bond donors (Lipinski definition) is 0. The lowest BCUT2D eigenvalue weighted by Gasteiger charge is -2.10. The normalized spacial score (nSPS) is 11.5. The van der Waals surface area contributed by atoms with Gasteiger partial charge in [-0.15, -0.1) is 0 Å². The molecule has 1 heterocycles. The van der Waals surface area contributed by atoms with Crippen molar-refractivity contribution in [2.24, 2.45) is 0 Å². The summed E-state index contributed by atoms with van der Waals surface area (Å²) in [6.45, 7) is 8.17. The Labute approximate surface area is 253 Å². The molecule has 1 heteroatoms. The molecule has 0 unspecified atom stereocenters. The van der Waals surface area contributed by atoms with E-state index in [1.807, 2.05) is 0 Å². The minimum Gasteiger partial charge on any atom is -0.202 e. The second kappa shape index (κ2) is 29.6. The summed E-state index contributed by atoms with van der Waals surface area (Å²) in [5.41, 5.74) is 3.33. The molecular weight excluding hydrogens is 482 g/mol. The van der Waals surface area contributed by atoms with Gasteiger partial charge in [-0.25, -0.2) is 4.57 Å². The average molecular weight is 557 g/mol. The summed E-state index contributed by atoms with van der Waals surface area (Å²) in [6.07, 6.45) is 44.9. The van der Waals surface area contributed by atoms with Gasteiger partial charge in [0.1, 0.15) is 6.54 Å². The van der Waals surface area contributed by atoms with Gasteiger partial charge < -0.3 is 0 Å². The molecule has 0 spiro atoms. The fourth-order valence-electron chi connectivity index (χ4n) is 6.37. The van der Waals surface area contributed by atoms with Gasteiger partial charge >= 0.3 is 0 Å². The van der Waals surface area contributed by atoms with Crippen LogP contribution in [0.15, 0.2) is 18.3 Å². The Morgan fingerprint density at radius 3 is 1.18 bits per heavy atom. The van der Waals surface area contributed by atoms with Crippen molar-refractivity contribution in [1.29, 1.82) is 0 Å². The summed E-state index contributed by atoms with van der Waals surface area (Å²) in [5, 5.41) is 0. The van der Waals surface area contributed by atoms with Crippen molar-refractivity contribution >= 4 is 0 Å². The molecule has 234 valence electrons. The Morgan fingerprint density at radius 2 is 0.750 bits per heavy atom. The lowest BCUT2D eigenvalue weighted by molar-refractivity contribution is -0.705. The van der Waals surface area contributed by atoms with Crippen LogP contribution < -0.4 is 4.57 Å². The maximum Gasteiger partial charge on any atom is 0.184 e. The first-order valence-electron chi connectivity index (χ1n) is 18.8. The molecule has 0 N–H and O–H groups in total. The van der Waals surface area contributed by atoms with E-state index in [2.05, 4.69) is 43.7 Å². The molecule has 0 aliphatic carbocycles. The Hall–Kier alpha value is -0.850. The third-order valence-corrected chi connectivity index (χ3v) is 9.10. The van der Waals surface area contributed by atoms with Crippen molar-refractivity contribution in [3.63, 3.8) is 0 Å². The molecule has 0 saturated heterocycles. The zero-order valence-corrected chi connectivity index (χ0v) is 28.1. The van der Waals surface area contributed by atoms with Crippen LogP contribution in [0.25, 0.3) is 0 Å². The molecule has 0 aliphatic heterocycles. The summed E-state index contributed by atoms with van der Waals surface area (Å²) >= 11 is 0. The standard InChI is InChI=1S/C39H74N/c1-4-7-10-13-16-17-18-19-20-21-22-23-24-25-28-31-36-40-37-32-34-38(33-29-26-14-11-8-5-2)39(40)35-30-27-15-12-9-6-3/h32,34,37H,4-31,33,35-36H2,1-3H3/q+1. The van der Waals surface area contributed by atoms with Gasteiger partial charge in [0.15, 0.2) is 11.9 Å². The van der Waals surface area contributed by atoms with Crippen LogP contribution in [0.1, 0.15) is 212 Å². The molecular formula is C39H74N+. The Bertz CT molecular complexity index is 636. The van der Waals surface area contributed by atoms with Crippen LogP contribution in [-0.2, 0) is 19.4 Å². The highest BCUT2D eigenvalue weighted by atomic mass is 15.0. The zero-order chi connectivity index (χ0) is 28.8. The van der Waals surface area contributed by atoms with E-state index >= 15 is 0 Å². The van der Waals surface area contributed by atoms with E-state index in [9.17, 15) is 0 Å². The lowest BCUT2D eigenvalue weighted by Crippen LogP contribution is -2.39. The van der Waals surface area contributed by atoms with E-state index in [0.717, 1.165) is 0 Å². The quantitative estimate of drug-likeness (QED) is 0.0632. The number of nitrogens with zero attached hydrogens (tertiary/aromatic N) is 1. The van der Waals surface area contributed by atoms with Crippen LogP contribution in [0, 0.1) is 0 Å². The van der Waals surface area contributed by atoms with E-state index in [0.29, 0.717) is 0 Å². The topological polar surface area (TPSA) is 3.88 Å². The van der Waals surface area contributed by atoms with Crippen LogP contribution in [0.2, 0.25) is 0 Å². The van der Waals surface area contributed by atoms with Crippen LogP contribution >= 0.6 is 0 Å². The van der Waals surface area contributed by atoms with Crippen molar-refractivity contribution < 1.29 is 4.57 Å². The van der Waals surface area contributed by atoms with Crippen LogP contribution in [0.4, 0.5) is 0 Å². The van der Waals surface area contributed by atoms with Gasteiger partial charge in [-0.1, -0.05) is 175 Å². The van der Waals surface area contributed by atoms with E-state index in [4.69, 9.17) is 0 Å². The van der Waals surface area contributed by atoms with Crippen molar-refractivity contribution in [2.75, 3.05) is 0 Å². The minimum absolute atomic E-state index is 1.23. The van der Waals surface area contributed by atoms with Gasteiger partial charge in [-0.2, -0.15) is 0 Å². The number of hydrogen-bond acceptors (Lipinski definition) is 0. The maximum absolute atomic E-state index is 2.66. The van der Waals surface area contributed by atoms with Gasteiger partial charge in [-0.05, 0) is 31.7 Å². The van der Waals surface area contributed by atoms with Crippen molar-refractivity contribution in [1.82, 2.24) is 0 Å². The van der Waals surface area contributed by atoms with Crippen LogP contribution in [0.3, 0.4) is 0 Å². The molecule has 0 aromatic carbocycles. The molecule has 0 fully saturated rings. The van der Waals surface area contributed by atoms with Crippen molar-refractivity contribution in [2.45, 2.75) is 220 Å². The molecule has 1 aromatic rings. The first kappa shape index (κ1) is 37.2. The third-order valence-electron chi connectivity index (χ3n) is 9.10. The molecule has 0 radical (unpaired) electrons. The highest BCUT2D eigenvalue weighted by Crippen LogP contribution is 2.17. The van der Waals surface area contributed by atoms with Gasteiger partial charge in [0.2, 0.25) is 0 Å². The Kier molecular flexibility index (Phi) is 27.5. The van der Waals surface area contributed by atoms with Crippen molar-refractivity contribution in [3.05, 3.63) is 29.6 Å². The fourth-order valence-corrected chi connectivity index (χ4v) is 6.37. The molecule has 0 bridgehead atoms. The average Bonchev–Trinajstić information content (AvgIpc) is 2.97. The fraction of sp³-hybridized carbons (Fsp3) is 0.872. The summed E-state index contributed by atoms with van der Waals surface area (Å²) in [6, 6.07) is 4.78. The SMILES string of the molecule is CCCCCCCCCCCCCCCCCC[n+]1cccc(CCCCCCCC)c1CCCCCCCC. The van der Waals surface area contributed by atoms with E-state index in [1.165, 1.54) is 199 Å². The predicted molar refractivity (Wildman–Crippen MR) is 180 cm³/mol. The van der Waals surface area contributed by atoms with E-state index < -0.39 is 0 Å². The van der Waals surface area contributed by atoms with E-state index in [1.54, 1.807) is 11.3 Å². The molecule has 1 aromatic heterocycles. The zero-order valence-electron chi connectivity index (χ0n) is 28.1. The molecule has 40 heavy (non-hydrogen) atoms. The number of unbranched alkanes of at least 4 members (excludes halogenated alkanes) is 25. The summed E-state index contributed by atoms with van der Waals surface area (Å²) < 4.78 is 2.66. The van der Waals surface area contributed by atoms with Gasteiger partial charge in [0, 0.05) is 24.5 Å². The summed E-state index contributed by atoms with van der Waals surface area (Å²) in [7, 11) is 0. The maximum atomic E-state index is 2.66. The first-order chi connectivity index (χ1) is 19.8.